The van der Waals surface area contributed by atoms with Crippen LogP contribution >= 0.6 is 11.6 Å². The number of allylic oxidation sites excluding steroid dienone is 2. The topological polar surface area (TPSA) is 66.5 Å². The van der Waals surface area contributed by atoms with Gasteiger partial charge in [-0.25, -0.2) is 4.90 Å². The normalized spacial score (nSPS) is 32.1. The summed E-state index contributed by atoms with van der Waals surface area (Å²) in [5.74, 6) is 0.416. The van der Waals surface area contributed by atoms with Crippen LogP contribution in [0.4, 0.5) is 11.4 Å². The number of anilines is 2. The molecular formula is C25H21ClN2O3. The van der Waals surface area contributed by atoms with E-state index in [1.54, 1.807) is 36.4 Å². The van der Waals surface area contributed by atoms with Crippen molar-refractivity contribution in [3.05, 3.63) is 70.8 Å². The number of imide groups is 1. The molecule has 3 fully saturated rings. The van der Waals surface area contributed by atoms with Crippen LogP contribution in [0.2, 0.25) is 5.02 Å². The maximum Gasteiger partial charge on any atom is 0.255 e. The van der Waals surface area contributed by atoms with E-state index in [-0.39, 0.29) is 41.4 Å². The largest absolute Gasteiger partial charge is 0.322 e. The van der Waals surface area contributed by atoms with Crippen LogP contribution in [0.25, 0.3) is 0 Å². The summed E-state index contributed by atoms with van der Waals surface area (Å²) in [5, 5.41) is 3.40. The van der Waals surface area contributed by atoms with Crippen molar-refractivity contribution >= 4 is 40.7 Å². The Balaban J connectivity index is 1.28. The quantitative estimate of drug-likeness (QED) is 0.575. The van der Waals surface area contributed by atoms with E-state index in [4.69, 9.17) is 11.6 Å². The minimum Gasteiger partial charge on any atom is -0.322 e. The van der Waals surface area contributed by atoms with Gasteiger partial charge < -0.3 is 5.32 Å². The number of halogens is 1. The second kappa shape index (κ2) is 6.54. The highest BCUT2D eigenvalue weighted by atomic mass is 35.5. The summed E-state index contributed by atoms with van der Waals surface area (Å²) >= 11 is 6.15. The molecule has 7 rings (SSSR count). The van der Waals surface area contributed by atoms with E-state index in [0.29, 0.717) is 33.8 Å². The molecule has 156 valence electrons. The summed E-state index contributed by atoms with van der Waals surface area (Å²) in [5.41, 5.74) is 2.36. The van der Waals surface area contributed by atoms with Crippen molar-refractivity contribution in [2.75, 3.05) is 10.2 Å². The fraction of sp³-hybridized carbons (Fsp3) is 0.320. The summed E-state index contributed by atoms with van der Waals surface area (Å²) < 4.78 is 0. The molecule has 0 aromatic heterocycles. The summed E-state index contributed by atoms with van der Waals surface area (Å²) in [7, 11) is 0. The van der Waals surface area contributed by atoms with Crippen molar-refractivity contribution in [2.45, 2.75) is 13.3 Å². The van der Waals surface area contributed by atoms with Gasteiger partial charge in [-0.05, 0) is 72.9 Å². The number of nitrogens with one attached hydrogen (secondary N) is 1. The highest BCUT2D eigenvalue weighted by Gasteiger charge is 2.67. The van der Waals surface area contributed by atoms with Crippen LogP contribution in [0.15, 0.2) is 54.6 Å². The third-order valence-corrected chi connectivity index (χ3v) is 7.87. The Bertz CT molecular complexity index is 1150. The average Bonchev–Trinajstić information content (AvgIpc) is 3.54. The number of hydrogen-bond donors (Lipinski definition) is 1. The highest BCUT2D eigenvalue weighted by Crippen LogP contribution is 2.65. The van der Waals surface area contributed by atoms with Crippen LogP contribution in [0.5, 0.6) is 0 Å². The van der Waals surface area contributed by atoms with Gasteiger partial charge in [0.15, 0.2) is 0 Å². The Hall–Kier alpha value is -2.92. The Kier molecular flexibility index (Phi) is 3.97. The first kappa shape index (κ1) is 18.8. The zero-order valence-electron chi connectivity index (χ0n) is 16.9. The predicted octanol–water partition coefficient (Wildman–Crippen LogP) is 4.46. The molecule has 0 radical (unpaired) electrons. The molecule has 6 heteroatoms. The van der Waals surface area contributed by atoms with Gasteiger partial charge in [-0.15, -0.1) is 0 Å². The number of carbonyl (C=O) groups excluding carboxylic acids is 3. The summed E-state index contributed by atoms with van der Waals surface area (Å²) in [6, 6.07) is 12.0. The molecule has 0 unspecified atom stereocenters. The summed E-state index contributed by atoms with van der Waals surface area (Å²) in [4.78, 5) is 40.7. The number of benzene rings is 2. The van der Waals surface area contributed by atoms with Crippen LogP contribution in [0.3, 0.4) is 0 Å². The van der Waals surface area contributed by atoms with Crippen molar-refractivity contribution < 1.29 is 14.4 Å². The standard InChI is InChI=1S/C25H21ClN2O3/c1-12-5-6-14(10-20(12)26)27-23(29)13-3-2-4-15(9-13)28-24(30)21-16-7-8-17(19-11-18(16)19)22(21)25(28)31/h2-10,16-19,21-22H,11H2,1H3,(H,27,29)/t16-,17-,18-,19-,21-,22+/m0/s1. The lowest BCUT2D eigenvalue weighted by Gasteiger charge is -2.37. The molecular weight excluding hydrogens is 412 g/mol. The van der Waals surface area contributed by atoms with Gasteiger partial charge in [0.1, 0.15) is 0 Å². The van der Waals surface area contributed by atoms with Crippen LogP contribution in [0, 0.1) is 42.4 Å². The number of carbonyl (C=O) groups is 3. The summed E-state index contributed by atoms with van der Waals surface area (Å²) in [6.45, 7) is 1.89. The summed E-state index contributed by atoms with van der Waals surface area (Å²) in [6.07, 6.45) is 5.45. The molecule has 1 heterocycles. The zero-order chi connectivity index (χ0) is 21.4. The third kappa shape index (κ3) is 2.72. The van der Waals surface area contributed by atoms with Gasteiger partial charge in [-0.3, -0.25) is 14.4 Å². The molecule has 3 amide bonds. The second-order valence-corrected chi connectivity index (χ2v) is 9.54. The molecule has 31 heavy (non-hydrogen) atoms. The van der Waals surface area contributed by atoms with Crippen molar-refractivity contribution in [3.63, 3.8) is 0 Å². The molecule has 1 saturated heterocycles. The molecule has 1 N–H and O–H groups in total. The van der Waals surface area contributed by atoms with E-state index >= 15 is 0 Å². The number of rotatable bonds is 3. The third-order valence-electron chi connectivity index (χ3n) is 7.46. The van der Waals surface area contributed by atoms with Gasteiger partial charge in [-0.2, -0.15) is 0 Å². The Morgan fingerprint density at radius 1 is 1.00 bits per heavy atom. The van der Waals surface area contributed by atoms with Crippen molar-refractivity contribution in [1.29, 1.82) is 0 Å². The fourth-order valence-electron chi connectivity index (χ4n) is 5.87. The number of amides is 3. The molecule has 5 aliphatic rings. The second-order valence-electron chi connectivity index (χ2n) is 9.13. The smallest absolute Gasteiger partial charge is 0.255 e. The number of nitrogens with zero attached hydrogens (tertiary/aromatic N) is 1. The number of hydrogen-bond acceptors (Lipinski definition) is 3. The Morgan fingerprint density at radius 3 is 2.32 bits per heavy atom. The van der Waals surface area contributed by atoms with Crippen LogP contribution in [-0.4, -0.2) is 17.7 Å². The van der Waals surface area contributed by atoms with E-state index in [1.165, 1.54) is 4.90 Å². The zero-order valence-corrected chi connectivity index (χ0v) is 17.7. The molecule has 4 aliphatic carbocycles. The molecule has 2 bridgehead atoms. The van der Waals surface area contributed by atoms with Gasteiger partial charge >= 0.3 is 0 Å². The van der Waals surface area contributed by atoms with Crippen molar-refractivity contribution in [1.82, 2.24) is 0 Å². The first-order valence-corrected chi connectivity index (χ1v) is 11.1. The number of aryl methyl sites for hydroxylation is 1. The minimum atomic E-state index is -0.318. The van der Waals surface area contributed by atoms with Gasteiger partial charge in [0.25, 0.3) is 5.91 Å². The van der Waals surface area contributed by atoms with E-state index < -0.39 is 0 Å². The fourth-order valence-corrected chi connectivity index (χ4v) is 6.05. The monoisotopic (exact) mass is 432 g/mol. The molecule has 0 spiro atoms. The molecule has 5 nitrogen and oxygen atoms in total. The Morgan fingerprint density at radius 2 is 1.68 bits per heavy atom. The van der Waals surface area contributed by atoms with E-state index in [9.17, 15) is 14.4 Å². The van der Waals surface area contributed by atoms with E-state index in [0.717, 1.165) is 12.0 Å². The first-order chi connectivity index (χ1) is 14.9. The highest BCUT2D eigenvalue weighted by molar-refractivity contribution is 6.31. The van der Waals surface area contributed by atoms with Gasteiger partial charge in [-0.1, -0.05) is 35.9 Å². The average molecular weight is 433 g/mol. The van der Waals surface area contributed by atoms with Crippen LogP contribution in [0.1, 0.15) is 22.3 Å². The first-order valence-electron chi connectivity index (χ1n) is 10.7. The van der Waals surface area contributed by atoms with Crippen LogP contribution < -0.4 is 10.2 Å². The SMILES string of the molecule is Cc1ccc(NC(=O)c2cccc(N3C(=O)[C@@H]4[C@H]5C=C[C@@H]([C@@H]6C[C@@H]56)[C@@H]4C3=O)c2)cc1Cl. The van der Waals surface area contributed by atoms with Crippen LogP contribution in [-0.2, 0) is 9.59 Å². The molecule has 6 atom stereocenters. The minimum absolute atomic E-state index is 0.123. The lowest BCUT2D eigenvalue weighted by Crippen LogP contribution is -2.40. The molecule has 2 aromatic rings. The lowest BCUT2D eigenvalue weighted by atomic mass is 9.63. The molecule has 2 saturated carbocycles. The maximum atomic E-state index is 13.3. The predicted molar refractivity (Wildman–Crippen MR) is 118 cm³/mol. The Labute approximate surface area is 185 Å². The lowest BCUT2D eigenvalue weighted by molar-refractivity contribution is -0.124. The maximum absolute atomic E-state index is 13.3. The van der Waals surface area contributed by atoms with Gasteiger partial charge in [0.2, 0.25) is 11.8 Å². The van der Waals surface area contributed by atoms with Gasteiger partial charge in [0, 0.05) is 16.3 Å². The molecule has 2 aromatic carbocycles. The van der Waals surface area contributed by atoms with E-state index in [1.807, 2.05) is 13.0 Å². The van der Waals surface area contributed by atoms with Crippen molar-refractivity contribution in [2.24, 2.45) is 35.5 Å². The van der Waals surface area contributed by atoms with Gasteiger partial charge in [0.05, 0.1) is 17.5 Å². The van der Waals surface area contributed by atoms with E-state index in [2.05, 4.69) is 17.5 Å². The molecule has 1 aliphatic heterocycles. The van der Waals surface area contributed by atoms with Crippen molar-refractivity contribution in [3.8, 4) is 0 Å².